The number of morpholine rings is 1. The number of carbonyl (C=O) groups excluding carboxylic acids is 1. The average molecular weight is 461 g/mol. The molecule has 1 aliphatic rings. The minimum Gasteiger partial charge on any atom is -0.448 e. The second kappa shape index (κ2) is 8.85. The maximum absolute atomic E-state index is 12.8. The van der Waals surface area contributed by atoms with Gasteiger partial charge in [-0.2, -0.15) is 4.31 Å². The van der Waals surface area contributed by atoms with Gasteiger partial charge >= 0.3 is 5.97 Å². The van der Waals surface area contributed by atoms with Crippen LogP contribution in [0.3, 0.4) is 0 Å². The Bertz CT molecular complexity index is 1210. The SMILES string of the molecule is Cc1ccc(-c2nnc(C(C)OC(=O)c3cc(S(=O)(=O)N4CCOCC4)cn3C)o2)cc1. The molecule has 1 aromatic carbocycles. The molecule has 3 heterocycles. The van der Waals surface area contributed by atoms with Crippen LogP contribution in [-0.2, 0) is 26.5 Å². The van der Waals surface area contributed by atoms with Gasteiger partial charge in [0, 0.05) is 31.9 Å². The Balaban J connectivity index is 1.48. The molecule has 0 bridgehead atoms. The van der Waals surface area contributed by atoms with E-state index in [2.05, 4.69) is 10.2 Å². The summed E-state index contributed by atoms with van der Waals surface area (Å²) in [5, 5.41) is 7.99. The summed E-state index contributed by atoms with van der Waals surface area (Å²) in [6, 6.07) is 8.90. The van der Waals surface area contributed by atoms with E-state index in [1.54, 1.807) is 14.0 Å². The highest BCUT2D eigenvalue weighted by molar-refractivity contribution is 7.89. The van der Waals surface area contributed by atoms with E-state index < -0.39 is 22.1 Å². The van der Waals surface area contributed by atoms with Crippen molar-refractivity contribution in [1.29, 1.82) is 0 Å². The molecular formula is C21H24N4O6S. The minimum atomic E-state index is -3.72. The number of esters is 1. The summed E-state index contributed by atoms with van der Waals surface area (Å²) in [7, 11) is -2.14. The second-order valence-corrected chi connectivity index (χ2v) is 9.49. The van der Waals surface area contributed by atoms with Crippen molar-refractivity contribution in [3.8, 4) is 11.5 Å². The fourth-order valence-electron chi connectivity index (χ4n) is 3.30. The molecule has 0 radical (unpaired) electrons. The molecule has 0 saturated carbocycles. The molecule has 4 rings (SSSR count). The summed E-state index contributed by atoms with van der Waals surface area (Å²) in [4.78, 5) is 12.7. The first-order chi connectivity index (χ1) is 15.3. The number of aromatic nitrogens is 3. The van der Waals surface area contributed by atoms with Gasteiger partial charge < -0.3 is 18.5 Å². The molecule has 32 heavy (non-hydrogen) atoms. The van der Waals surface area contributed by atoms with Crippen LogP contribution in [0.5, 0.6) is 0 Å². The van der Waals surface area contributed by atoms with E-state index in [1.807, 2.05) is 31.2 Å². The Kier molecular flexibility index (Phi) is 6.13. The number of nitrogens with zero attached hydrogens (tertiary/aromatic N) is 4. The van der Waals surface area contributed by atoms with Gasteiger partial charge in [-0.05, 0) is 32.0 Å². The highest BCUT2D eigenvalue weighted by Gasteiger charge is 2.30. The third-order valence-electron chi connectivity index (χ3n) is 5.17. The molecule has 0 amide bonds. The lowest BCUT2D eigenvalue weighted by molar-refractivity contribution is 0.0269. The molecule has 2 aromatic heterocycles. The molecule has 3 aromatic rings. The Hall–Kier alpha value is -3.02. The lowest BCUT2D eigenvalue weighted by Crippen LogP contribution is -2.40. The van der Waals surface area contributed by atoms with E-state index in [4.69, 9.17) is 13.9 Å². The average Bonchev–Trinajstić information content (AvgIpc) is 3.42. The first kappa shape index (κ1) is 22.2. The van der Waals surface area contributed by atoms with Crippen molar-refractivity contribution in [2.24, 2.45) is 7.05 Å². The normalized spacial score (nSPS) is 16.1. The Labute approximate surface area is 185 Å². The van der Waals surface area contributed by atoms with Crippen LogP contribution in [0.2, 0.25) is 0 Å². The summed E-state index contributed by atoms with van der Waals surface area (Å²) in [5.74, 6) is -0.233. The molecule has 11 heteroatoms. The summed E-state index contributed by atoms with van der Waals surface area (Å²) in [6.45, 7) is 4.81. The van der Waals surface area contributed by atoms with Crippen LogP contribution in [0.1, 0.15) is 35.0 Å². The standard InChI is InChI=1S/C21H24N4O6S/c1-14-4-6-16(7-5-14)20-23-22-19(31-20)15(2)30-21(26)18-12-17(13-24(18)3)32(27,28)25-8-10-29-11-9-25/h4-7,12-13,15H,8-11H2,1-3H3. The van der Waals surface area contributed by atoms with Crippen LogP contribution >= 0.6 is 0 Å². The Morgan fingerprint density at radius 1 is 1.16 bits per heavy atom. The third kappa shape index (κ3) is 4.45. The topological polar surface area (TPSA) is 117 Å². The maximum Gasteiger partial charge on any atom is 0.355 e. The fourth-order valence-corrected chi connectivity index (χ4v) is 4.78. The fraction of sp³-hybridized carbons (Fsp3) is 0.381. The van der Waals surface area contributed by atoms with E-state index in [0.29, 0.717) is 19.1 Å². The molecule has 1 saturated heterocycles. The second-order valence-electron chi connectivity index (χ2n) is 7.55. The zero-order valence-electron chi connectivity index (χ0n) is 18.0. The largest absolute Gasteiger partial charge is 0.448 e. The van der Waals surface area contributed by atoms with Gasteiger partial charge in [0.15, 0.2) is 6.10 Å². The van der Waals surface area contributed by atoms with Gasteiger partial charge in [0.2, 0.25) is 15.9 Å². The zero-order chi connectivity index (χ0) is 22.9. The number of aryl methyl sites for hydroxylation is 2. The van der Waals surface area contributed by atoms with E-state index in [1.165, 1.54) is 21.1 Å². The van der Waals surface area contributed by atoms with Crippen LogP contribution in [0, 0.1) is 6.92 Å². The number of rotatable bonds is 6. The molecule has 10 nitrogen and oxygen atoms in total. The van der Waals surface area contributed by atoms with Crippen molar-refractivity contribution < 1.29 is 27.1 Å². The van der Waals surface area contributed by atoms with Gasteiger partial charge in [-0.3, -0.25) is 0 Å². The van der Waals surface area contributed by atoms with Crippen LogP contribution in [0.15, 0.2) is 45.8 Å². The number of hydrogen-bond donors (Lipinski definition) is 0. The van der Waals surface area contributed by atoms with Crippen molar-refractivity contribution in [2.45, 2.75) is 24.8 Å². The Morgan fingerprint density at radius 2 is 1.84 bits per heavy atom. The van der Waals surface area contributed by atoms with Crippen LogP contribution < -0.4 is 0 Å². The molecule has 1 atom stereocenters. The summed E-state index contributed by atoms with van der Waals surface area (Å²) in [6.07, 6.45) is 0.581. The molecule has 0 spiro atoms. The van der Waals surface area contributed by atoms with Crippen LogP contribution in [0.4, 0.5) is 0 Å². The first-order valence-electron chi connectivity index (χ1n) is 10.1. The number of benzene rings is 1. The van der Waals surface area contributed by atoms with Gasteiger partial charge in [-0.15, -0.1) is 10.2 Å². The summed E-state index contributed by atoms with van der Waals surface area (Å²) < 4.78 is 44.8. The van der Waals surface area contributed by atoms with Gasteiger partial charge in [-0.25, -0.2) is 13.2 Å². The van der Waals surface area contributed by atoms with Crippen molar-refractivity contribution in [2.75, 3.05) is 26.3 Å². The summed E-state index contributed by atoms with van der Waals surface area (Å²) >= 11 is 0. The number of carbonyl (C=O) groups is 1. The van der Waals surface area contributed by atoms with E-state index >= 15 is 0 Å². The predicted octanol–water partition coefficient (Wildman–Crippen LogP) is 2.32. The first-order valence-corrected chi connectivity index (χ1v) is 11.6. The molecule has 1 unspecified atom stereocenters. The quantitative estimate of drug-likeness (QED) is 0.515. The molecule has 0 aliphatic carbocycles. The lowest BCUT2D eigenvalue weighted by Gasteiger charge is -2.25. The van der Waals surface area contributed by atoms with Crippen LogP contribution in [0.25, 0.3) is 11.5 Å². The smallest absolute Gasteiger partial charge is 0.355 e. The molecule has 1 fully saturated rings. The minimum absolute atomic E-state index is 0.0287. The van der Waals surface area contributed by atoms with E-state index in [-0.39, 0.29) is 29.6 Å². The van der Waals surface area contributed by atoms with Crippen molar-refractivity contribution >= 4 is 16.0 Å². The number of sulfonamides is 1. The number of ether oxygens (including phenoxy) is 2. The highest BCUT2D eigenvalue weighted by Crippen LogP contribution is 2.25. The van der Waals surface area contributed by atoms with Gasteiger partial charge in [-0.1, -0.05) is 17.7 Å². The third-order valence-corrected chi connectivity index (χ3v) is 7.03. The van der Waals surface area contributed by atoms with Crippen molar-refractivity contribution in [3.05, 3.63) is 53.7 Å². The van der Waals surface area contributed by atoms with Gasteiger partial charge in [0.25, 0.3) is 5.89 Å². The molecule has 0 N–H and O–H groups in total. The predicted molar refractivity (Wildman–Crippen MR) is 113 cm³/mol. The monoisotopic (exact) mass is 460 g/mol. The number of hydrogen-bond acceptors (Lipinski definition) is 8. The molecular weight excluding hydrogens is 436 g/mol. The highest BCUT2D eigenvalue weighted by atomic mass is 32.2. The molecule has 170 valence electrons. The van der Waals surface area contributed by atoms with Gasteiger partial charge in [0.05, 0.1) is 13.2 Å². The molecule has 1 aliphatic heterocycles. The summed E-state index contributed by atoms with van der Waals surface area (Å²) in [5.41, 5.74) is 1.96. The van der Waals surface area contributed by atoms with Gasteiger partial charge in [0.1, 0.15) is 10.6 Å². The Morgan fingerprint density at radius 3 is 2.53 bits per heavy atom. The maximum atomic E-state index is 12.8. The zero-order valence-corrected chi connectivity index (χ0v) is 18.8. The van der Waals surface area contributed by atoms with E-state index in [0.717, 1.165) is 11.1 Å². The van der Waals surface area contributed by atoms with Crippen molar-refractivity contribution in [3.63, 3.8) is 0 Å². The van der Waals surface area contributed by atoms with E-state index in [9.17, 15) is 13.2 Å². The lowest BCUT2D eigenvalue weighted by atomic mass is 10.1. The van der Waals surface area contributed by atoms with Crippen LogP contribution in [-0.4, -0.2) is 59.8 Å². The van der Waals surface area contributed by atoms with Crippen molar-refractivity contribution in [1.82, 2.24) is 19.1 Å².